The van der Waals surface area contributed by atoms with Crippen LogP contribution in [-0.4, -0.2) is 6.54 Å². The van der Waals surface area contributed by atoms with Gasteiger partial charge in [-0.15, -0.1) is 0 Å². The fourth-order valence-electron chi connectivity index (χ4n) is 1.02. The van der Waals surface area contributed by atoms with Crippen molar-refractivity contribution in [1.82, 2.24) is 0 Å². The number of hydrogen-bond acceptors (Lipinski definition) is 1. The lowest BCUT2D eigenvalue weighted by molar-refractivity contribution is 1.06. The molecule has 0 aromatic heterocycles. The van der Waals surface area contributed by atoms with Crippen molar-refractivity contribution in [1.29, 1.82) is 0 Å². The van der Waals surface area contributed by atoms with Crippen LogP contribution in [0, 0.1) is 0 Å². The molecular formula is C11H15N. The van der Waals surface area contributed by atoms with Gasteiger partial charge in [-0.2, -0.15) is 0 Å². The van der Waals surface area contributed by atoms with E-state index in [-0.39, 0.29) is 0 Å². The molecule has 0 radical (unpaired) electrons. The van der Waals surface area contributed by atoms with Gasteiger partial charge in [0.2, 0.25) is 0 Å². The molecule has 64 valence electrons. The summed E-state index contributed by atoms with van der Waals surface area (Å²) in [5.41, 5.74) is 1.20. The molecule has 1 aromatic rings. The Kier molecular flexibility index (Phi) is 4.00. The van der Waals surface area contributed by atoms with Crippen LogP contribution in [-0.2, 0) is 0 Å². The normalized spacial score (nSPS) is 10.4. The number of benzene rings is 1. The summed E-state index contributed by atoms with van der Waals surface area (Å²) >= 11 is 0. The standard InChI is InChI=1S/C11H15N/c1-2-3-7-10-12-11-8-5-4-6-9-11/h2-6,8-9,12H,7,10H2,1H3/b3-2+. The average Bonchev–Trinajstić information content (AvgIpc) is 2.14. The number of nitrogens with one attached hydrogen (secondary N) is 1. The molecule has 0 aliphatic rings. The summed E-state index contributed by atoms with van der Waals surface area (Å²) in [6.45, 7) is 3.05. The van der Waals surface area contributed by atoms with E-state index in [4.69, 9.17) is 0 Å². The topological polar surface area (TPSA) is 12.0 Å². The number of anilines is 1. The highest BCUT2D eigenvalue weighted by molar-refractivity contribution is 5.42. The van der Waals surface area contributed by atoms with Crippen LogP contribution in [0.15, 0.2) is 42.5 Å². The van der Waals surface area contributed by atoms with Crippen molar-refractivity contribution in [3.8, 4) is 0 Å². The molecule has 0 saturated carbocycles. The van der Waals surface area contributed by atoms with Gasteiger partial charge in [-0.1, -0.05) is 30.4 Å². The van der Waals surface area contributed by atoms with Gasteiger partial charge < -0.3 is 5.32 Å². The van der Waals surface area contributed by atoms with Gasteiger partial charge in [0, 0.05) is 12.2 Å². The summed E-state index contributed by atoms with van der Waals surface area (Å²) in [6, 6.07) is 10.3. The van der Waals surface area contributed by atoms with E-state index in [1.807, 2.05) is 25.1 Å². The molecule has 0 heterocycles. The highest BCUT2D eigenvalue weighted by Crippen LogP contribution is 2.04. The third-order valence-electron chi connectivity index (χ3n) is 1.65. The zero-order valence-electron chi connectivity index (χ0n) is 7.46. The summed E-state index contributed by atoms with van der Waals surface area (Å²) in [7, 11) is 0. The van der Waals surface area contributed by atoms with Crippen LogP contribution < -0.4 is 5.32 Å². The summed E-state index contributed by atoms with van der Waals surface area (Å²) in [5, 5.41) is 3.33. The van der Waals surface area contributed by atoms with Crippen LogP contribution in [0.2, 0.25) is 0 Å². The van der Waals surface area contributed by atoms with Gasteiger partial charge in [0.25, 0.3) is 0 Å². The van der Waals surface area contributed by atoms with Crippen LogP contribution in [0.1, 0.15) is 13.3 Å². The van der Waals surface area contributed by atoms with Crippen LogP contribution in [0.25, 0.3) is 0 Å². The minimum atomic E-state index is 1.01. The van der Waals surface area contributed by atoms with Gasteiger partial charge in [0.1, 0.15) is 0 Å². The van der Waals surface area contributed by atoms with E-state index < -0.39 is 0 Å². The van der Waals surface area contributed by atoms with Crippen LogP contribution >= 0.6 is 0 Å². The number of allylic oxidation sites excluding steroid dienone is 1. The first-order valence-corrected chi connectivity index (χ1v) is 4.33. The van der Waals surface area contributed by atoms with E-state index >= 15 is 0 Å². The quantitative estimate of drug-likeness (QED) is 0.528. The minimum Gasteiger partial charge on any atom is -0.385 e. The summed E-state index contributed by atoms with van der Waals surface area (Å²) in [5.74, 6) is 0. The first-order chi connectivity index (χ1) is 5.93. The Morgan fingerprint density at radius 3 is 2.67 bits per heavy atom. The molecule has 1 N–H and O–H groups in total. The Morgan fingerprint density at radius 2 is 2.00 bits per heavy atom. The maximum atomic E-state index is 3.33. The van der Waals surface area contributed by atoms with Crippen LogP contribution in [0.3, 0.4) is 0 Å². The maximum Gasteiger partial charge on any atom is 0.0340 e. The van der Waals surface area contributed by atoms with Crippen molar-refractivity contribution in [2.24, 2.45) is 0 Å². The lowest BCUT2D eigenvalue weighted by Gasteiger charge is -2.02. The van der Waals surface area contributed by atoms with E-state index in [1.165, 1.54) is 5.69 Å². The highest BCUT2D eigenvalue weighted by Gasteiger charge is 1.85. The van der Waals surface area contributed by atoms with Crippen molar-refractivity contribution in [3.63, 3.8) is 0 Å². The van der Waals surface area contributed by atoms with Crippen LogP contribution in [0.5, 0.6) is 0 Å². The molecule has 0 bridgehead atoms. The smallest absolute Gasteiger partial charge is 0.0340 e. The predicted molar refractivity (Wildman–Crippen MR) is 54.4 cm³/mol. The Hall–Kier alpha value is -1.24. The molecule has 0 spiro atoms. The van der Waals surface area contributed by atoms with Crippen molar-refractivity contribution in [3.05, 3.63) is 42.5 Å². The van der Waals surface area contributed by atoms with Crippen molar-refractivity contribution in [2.45, 2.75) is 13.3 Å². The average molecular weight is 161 g/mol. The summed E-state index contributed by atoms with van der Waals surface area (Å²) < 4.78 is 0. The van der Waals surface area contributed by atoms with Crippen LogP contribution in [0.4, 0.5) is 5.69 Å². The van der Waals surface area contributed by atoms with E-state index in [9.17, 15) is 0 Å². The fourth-order valence-corrected chi connectivity index (χ4v) is 1.02. The summed E-state index contributed by atoms with van der Waals surface area (Å²) in [4.78, 5) is 0. The van der Waals surface area contributed by atoms with Gasteiger partial charge in [-0.25, -0.2) is 0 Å². The van der Waals surface area contributed by atoms with E-state index in [0.29, 0.717) is 0 Å². The van der Waals surface area contributed by atoms with Gasteiger partial charge in [0.15, 0.2) is 0 Å². The predicted octanol–water partition coefficient (Wildman–Crippen LogP) is 3.06. The van der Waals surface area contributed by atoms with E-state index in [0.717, 1.165) is 13.0 Å². The first-order valence-electron chi connectivity index (χ1n) is 4.33. The number of rotatable bonds is 4. The Labute approximate surface area is 74.1 Å². The van der Waals surface area contributed by atoms with Crippen molar-refractivity contribution in [2.75, 3.05) is 11.9 Å². The molecule has 1 aromatic carbocycles. The molecular weight excluding hydrogens is 146 g/mol. The second-order valence-corrected chi connectivity index (χ2v) is 2.65. The van der Waals surface area contributed by atoms with E-state index in [1.54, 1.807) is 0 Å². The molecule has 0 fully saturated rings. The summed E-state index contributed by atoms with van der Waals surface area (Å²) in [6.07, 6.45) is 5.33. The highest BCUT2D eigenvalue weighted by atomic mass is 14.9. The molecule has 1 rings (SSSR count). The second kappa shape index (κ2) is 5.42. The second-order valence-electron chi connectivity index (χ2n) is 2.65. The molecule has 1 nitrogen and oxygen atoms in total. The molecule has 0 unspecified atom stereocenters. The third-order valence-corrected chi connectivity index (χ3v) is 1.65. The van der Waals surface area contributed by atoms with Gasteiger partial charge in [-0.3, -0.25) is 0 Å². The first kappa shape index (κ1) is 8.85. The maximum absolute atomic E-state index is 3.33. The molecule has 12 heavy (non-hydrogen) atoms. The molecule has 0 saturated heterocycles. The molecule has 0 atom stereocenters. The molecule has 0 amide bonds. The Bertz CT molecular complexity index is 226. The van der Waals surface area contributed by atoms with Crippen molar-refractivity contribution >= 4 is 5.69 Å². The fraction of sp³-hybridized carbons (Fsp3) is 0.273. The third kappa shape index (κ3) is 3.24. The molecule has 0 aliphatic heterocycles. The molecule has 0 aliphatic carbocycles. The number of para-hydroxylation sites is 1. The lowest BCUT2D eigenvalue weighted by atomic mass is 10.3. The Balaban J connectivity index is 2.24. The monoisotopic (exact) mass is 161 g/mol. The van der Waals surface area contributed by atoms with Crippen molar-refractivity contribution < 1.29 is 0 Å². The largest absolute Gasteiger partial charge is 0.385 e. The lowest BCUT2D eigenvalue weighted by Crippen LogP contribution is -1.99. The zero-order valence-corrected chi connectivity index (χ0v) is 7.46. The molecule has 1 heteroatoms. The van der Waals surface area contributed by atoms with Gasteiger partial charge in [0.05, 0.1) is 0 Å². The van der Waals surface area contributed by atoms with Gasteiger partial charge in [-0.05, 0) is 25.5 Å². The Morgan fingerprint density at radius 1 is 1.25 bits per heavy atom. The van der Waals surface area contributed by atoms with E-state index in [2.05, 4.69) is 29.6 Å². The minimum absolute atomic E-state index is 1.01. The zero-order chi connectivity index (χ0) is 8.65. The van der Waals surface area contributed by atoms with Gasteiger partial charge >= 0.3 is 0 Å². The SMILES string of the molecule is C/C=C/CCNc1ccccc1. The number of hydrogen-bond donors (Lipinski definition) is 1.